The van der Waals surface area contributed by atoms with Crippen LogP contribution in [0, 0.1) is 0 Å². The van der Waals surface area contributed by atoms with Gasteiger partial charge in [-0.1, -0.05) is 0 Å². The van der Waals surface area contributed by atoms with Gasteiger partial charge in [0.1, 0.15) is 12.4 Å². The summed E-state index contributed by atoms with van der Waals surface area (Å²) in [7, 11) is 2.17. The zero-order valence-corrected chi connectivity index (χ0v) is 12.3. The highest BCUT2D eigenvalue weighted by Gasteiger charge is 2.20. The van der Waals surface area contributed by atoms with Crippen molar-refractivity contribution in [2.24, 2.45) is 0 Å². The van der Waals surface area contributed by atoms with E-state index in [1.807, 2.05) is 6.92 Å². The van der Waals surface area contributed by atoms with E-state index in [-0.39, 0.29) is 0 Å². The molecule has 0 radical (unpaired) electrons. The predicted octanol–water partition coefficient (Wildman–Crippen LogP) is 1.46. The standard InChI is InChI=1S/C14H24N4O2/c1-3-19-10-13-16-12(15)9-14(17-13)20-8-6-11-5-4-7-18(11)2/h9,11H,3-8,10H2,1-2H3,(H2,15,16,17). The molecule has 0 aromatic carbocycles. The summed E-state index contributed by atoms with van der Waals surface area (Å²) in [6, 6.07) is 2.28. The molecule has 20 heavy (non-hydrogen) atoms. The summed E-state index contributed by atoms with van der Waals surface area (Å²) in [6.45, 7) is 4.76. The molecule has 1 aliphatic heterocycles. The van der Waals surface area contributed by atoms with Gasteiger partial charge >= 0.3 is 0 Å². The molecule has 0 spiro atoms. The lowest BCUT2D eigenvalue weighted by molar-refractivity contribution is 0.127. The number of nitrogen functional groups attached to an aromatic ring is 1. The molecule has 1 atom stereocenters. The molecule has 1 unspecified atom stereocenters. The van der Waals surface area contributed by atoms with Gasteiger partial charge in [-0.3, -0.25) is 0 Å². The third-order valence-electron chi connectivity index (χ3n) is 3.58. The minimum atomic E-state index is 0.364. The second kappa shape index (κ2) is 7.40. The van der Waals surface area contributed by atoms with Gasteiger partial charge in [-0.05, 0) is 39.8 Å². The number of hydrogen-bond donors (Lipinski definition) is 1. The first-order valence-electron chi connectivity index (χ1n) is 7.23. The molecule has 0 amide bonds. The molecular formula is C14H24N4O2. The van der Waals surface area contributed by atoms with Gasteiger partial charge in [0.15, 0.2) is 5.82 Å². The van der Waals surface area contributed by atoms with Crippen molar-refractivity contribution in [1.82, 2.24) is 14.9 Å². The number of nitrogens with zero attached hydrogens (tertiary/aromatic N) is 3. The van der Waals surface area contributed by atoms with Crippen molar-refractivity contribution in [2.45, 2.75) is 38.8 Å². The second-order valence-electron chi connectivity index (χ2n) is 5.10. The third-order valence-corrected chi connectivity index (χ3v) is 3.58. The van der Waals surface area contributed by atoms with Crippen LogP contribution >= 0.6 is 0 Å². The molecule has 2 N–H and O–H groups in total. The van der Waals surface area contributed by atoms with Crippen molar-refractivity contribution in [2.75, 3.05) is 32.5 Å². The second-order valence-corrected chi connectivity index (χ2v) is 5.10. The van der Waals surface area contributed by atoms with Crippen molar-refractivity contribution >= 4 is 5.82 Å². The molecule has 112 valence electrons. The van der Waals surface area contributed by atoms with Gasteiger partial charge in [0, 0.05) is 18.7 Å². The Morgan fingerprint density at radius 1 is 1.45 bits per heavy atom. The molecule has 0 bridgehead atoms. The summed E-state index contributed by atoms with van der Waals surface area (Å²) < 4.78 is 11.0. The van der Waals surface area contributed by atoms with Crippen LogP contribution in [-0.4, -0.2) is 47.7 Å². The fraction of sp³-hybridized carbons (Fsp3) is 0.714. The van der Waals surface area contributed by atoms with Crippen LogP contribution in [0.5, 0.6) is 5.88 Å². The number of likely N-dealkylation sites (tertiary alicyclic amines) is 1. The average Bonchev–Trinajstić information content (AvgIpc) is 2.82. The largest absolute Gasteiger partial charge is 0.477 e. The smallest absolute Gasteiger partial charge is 0.218 e. The van der Waals surface area contributed by atoms with Crippen LogP contribution < -0.4 is 10.5 Å². The fourth-order valence-electron chi connectivity index (χ4n) is 2.47. The molecule has 6 nitrogen and oxygen atoms in total. The molecule has 0 aliphatic carbocycles. The fourth-order valence-corrected chi connectivity index (χ4v) is 2.47. The zero-order chi connectivity index (χ0) is 14.4. The Bertz CT molecular complexity index is 428. The van der Waals surface area contributed by atoms with Gasteiger partial charge in [-0.15, -0.1) is 0 Å². The van der Waals surface area contributed by atoms with E-state index in [1.165, 1.54) is 19.4 Å². The highest BCUT2D eigenvalue weighted by atomic mass is 16.5. The van der Waals surface area contributed by atoms with Crippen molar-refractivity contribution in [3.8, 4) is 5.88 Å². The zero-order valence-electron chi connectivity index (χ0n) is 12.3. The van der Waals surface area contributed by atoms with Gasteiger partial charge in [-0.2, -0.15) is 4.98 Å². The summed E-state index contributed by atoms with van der Waals surface area (Å²) >= 11 is 0. The summed E-state index contributed by atoms with van der Waals surface area (Å²) in [4.78, 5) is 10.8. The number of rotatable bonds is 7. The molecule has 0 saturated carbocycles. The topological polar surface area (TPSA) is 73.5 Å². The molecule has 1 saturated heterocycles. The lowest BCUT2D eigenvalue weighted by atomic mass is 10.1. The Kier molecular flexibility index (Phi) is 5.55. The maximum absolute atomic E-state index is 5.75. The van der Waals surface area contributed by atoms with Crippen molar-refractivity contribution in [3.63, 3.8) is 0 Å². The molecule has 1 aliphatic rings. The van der Waals surface area contributed by atoms with E-state index in [9.17, 15) is 0 Å². The average molecular weight is 280 g/mol. The summed E-state index contributed by atoms with van der Waals surface area (Å²) in [6.07, 6.45) is 3.54. The lowest BCUT2D eigenvalue weighted by Crippen LogP contribution is -2.26. The Morgan fingerprint density at radius 3 is 3.00 bits per heavy atom. The van der Waals surface area contributed by atoms with Crippen LogP contribution in [0.3, 0.4) is 0 Å². The monoisotopic (exact) mass is 280 g/mol. The highest BCUT2D eigenvalue weighted by molar-refractivity contribution is 5.32. The van der Waals surface area contributed by atoms with E-state index in [0.717, 1.165) is 6.42 Å². The number of aromatic nitrogens is 2. The minimum absolute atomic E-state index is 0.364. The van der Waals surface area contributed by atoms with Crippen LogP contribution in [0.25, 0.3) is 0 Å². The maximum atomic E-state index is 5.75. The van der Waals surface area contributed by atoms with E-state index < -0.39 is 0 Å². The first-order valence-corrected chi connectivity index (χ1v) is 7.23. The molecular weight excluding hydrogens is 256 g/mol. The molecule has 2 rings (SSSR count). The summed E-state index contributed by atoms with van der Waals surface area (Å²) in [5.74, 6) is 1.52. The van der Waals surface area contributed by atoms with Crippen LogP contribution in [0.2, 0.25) is 0 Å². The van der Waals surface area contributed by atoms with E-state index in [0.29, 0.717) is 43.4 Å². The van der Waals surface area contributed by atoms with Crippen molar-refractivity contribution in [3.05, 3.63) is 11.9 Å². The number of anilines is 1. The molecule has 6 heteroatoms. The third kappa shape index (κ3) is 4.31. The van der Waals surface area contributed by atoms with Gasteiger partial charge in [0.25, 0.3) is 0 Å². The normalized spacial score (nSPS) is 19.4. The van der Waals surface area contributed by atoms with E-state index in [2.05, 4.69) is 21.9 Å². The molecule has 1 aromatic rings. The van der Waals surface area contributed by atoms with Crippen LogP contribution in [0.4, 0.5) is 5.82 Å². The molecule has 2 heterocycles. The number of hydrogen-bond acceptors (Lipinski definition) is 6. The predicted molar refractivity (Wildman–Crippen MR) is 77.5 cm³/mol. The van der Waals surface area contributed by atoms with Gasteiger partial charge in [0.05, 0.1) is 6.61 Å². The molecule has 1 fully saturated rings. The van der Waals surface area contributed by atoms with Crippen molar-refractivity contribution in [1.29, 1.82) is 0 Å². The van der Waals surface area contributed by atoms with Gasteiger partial charge in [0.2, 0.25) is 5.88 Å². The quantitative estimate of drug-likeness (QED) is 0.815. The highest BCUT2D eigenvalue weighted by Crippen LogP contribution is 2.18. The Balaban J connectivity index is 1.83. The van der Waals surface area contributed by atoms with Crippen molar-refractivity contribution < 1.29 is 9.47 Å². The lowest BCUT2D eigenvalue weighted by Gasteiger charge is -2.19. The van der Waals surface area contributed by atoms with Gasteiger partial charge in [-0.25, -0.2) is 4.98 Å². The maximum Gasteiger partial charge on any atom is 0.218 e. The number of nitrogens with two attached hydrogens (primary N) is 1. The Labute approximate surface area is 120 Å². The first kappa shape index (κ1) is 15.0. The number of ether oxygens (including phenoxy) is 2. The van der Waals surface area contributed by atoms with Crippen LogP contribution in [0.15, 0.2) is 6.07 Å². The van der Waals surface area contributed by atoms with Crippen LogP contribution in [-0.2, 0) is 11.3 Å². The van der Waals surface area contributed by atoms with Crippen LogP contribution in [0.1, 0.15) is 32.0 Å². The van der Waals surface area contributed by atoms with E-state index in [4.69, 9.17) is 15.2 Å². The minimum Gasteiger partial charge on any atom is -0.477 e. The summed E-state index contributed by atoms with van der Waals surface area (Å²) in [5.41, 5.74) is 5.75. The first-order chi connectivity index (χ1) is 9.69. The SMILES string of the molecule is CCOCc1nc(N)cc(OCCC2CCCN2C)n1. The molecule has 1 aromatic heterocycles. The Morgan fingerprint density at radius 2 is 2.30 bits per heavy atom. The van der Waals surface area contributed by atoms with E-state index in [1.54, 1.807) is 6.07 Å². The Hall–Kier alpha value is -1.40. The van der Waals surface area contributed by atoms with Gasteiger partial charge < -0.3 is 20.1 Å². The summed E-state index contributed by atoms with van der Waals surface area (Å²) in [5, 5.41) is 0. The van der Waals surface area contributed by atoms with E-state index >= 15 is 0 Å².